The predicted molar refractivity (Wildman–Crippen MR) is 63.0 cm³/mol. The predicted octanol–water partition coefficient (Wildman–Crippen LogP) is 4.00. The van der Waals surface area contributed by atoms with Gasteiger partial charge in [0.15, 0.2) is 0 Å². The first-order valence-electron chi connectivity index (χ1n) is 3.58. The van der Waals surface area contributed by atoms with Gasteiger partial charge in [-0.1, -0.05) is 35.4 Å². The minimum Gasteiger partial charge on any atom is -0.256 e. The van der Waals surface area contributed by atoms with Crippen molar-refractivity contribution in [3.05, 3.63) is 27.7 Å². The fourth-order valence-corrected chi connectivity index (χ4v) is 1.36. The van der Waals surface area contributed by atoms with E-state index in [4.69, 9.17) is 23.2 Å². The number of aliphatic imine (C=N–C) groups is 1. The molecule has 0 radical (unpaired) electrons. The number of thiocarbonyl (C=S) groups is 1. The molecular weight excluding hydrogens is 225 g/mol. The van der Waals surface area contributed by atoms with Gasteiger partial charge in [0, 0.05) is 21.6 Å². The van der Waals surface area contributed by atoms with Gasteiger partial charge in [0.05, 0.1) is 5.69 Å². The van der Waals surface area contributed by atoms with Crippen molar-refractivity contribution < 1.29 is 0 Å². The lowest BCUT2D eigenvalue weighted by Gasteiger charge is -2.01. The lowest BCUT2D eigenvalue weighted by molar-refractivity contribution is 1.44. The summed E-state index contributed by atoms with van der Waals surface area (Å²) in [4.78, 5) is 4.03. The molecule has 1 nitrogen and oxygen atoms in total. The van der Waals surface area contributed by atoms with Gasteiger partial charge >= 0.3 is 0 Å². The van der Waals surface area contributed by atoms with E-state index in [1.807, 2.05) is 6.92 Å². The molecule has 0 amide bonds. The molecule has 4 heteroatoms. The van der Waals surface area contributed by atoms with Crippen LogP contribution in [0.4, 0.5) is 5.69 Å². The zero-order chi connectivity index (χ0) is 9.84. The van der Waals surface area contributed by atoms with E-state index in [0.717, 1.165) is 5.56 Å². The second-order valence-corrected chi connectivity index (χ2v) is 3.54. The molecule has 0 saturated carbocycles. The van der Waals surface area contributed by atoms with Crippen LogP contribution in [0.25, 0.3) is 0 Å². The van der Waals surface area contributed by atoms with Gasteiger partial charge < -0.3 is 0 Å². The van der Waals surface area contributed by atoms with Crippen LogP contribution in [0.5, 0.6) is 0 Å². The fraction of sp³-hybridized carbons (Fsp3) is 0.111. The molecule has 0 fully saturated rings. The van der Waals surface area contributed by atoms with Crippen molar-refractivity contribution in [2.75, 3.05) is 0 Å². The Labute approximate surface area is 92.4 Å². The first-order chi connectivity index (χ1) is 6.15. The standard InChI is InChI=1S/C9H7Cl2NS/c1-6-8(10)4-7(5-9(6)11)12-2-3-13/h2-5H,1H3. The number of rotatable bonds is 2. The van der Waals surface area contributed by atoms with E-state index in [-0.39, 0.29) is 0 Å². The van der Waals surface area contributed by atoms with Crippen LogP contribution in [0.1, 0.15) is 5.56 Å². The summed E-state index contributed by atoms with van der Waals surface area (Å²) in [6.45, 7) is 1.86. The highest BCUT2D eigenvalue weighted by molar-refractivity contribution is 7.80. The molecule has 1 rings (SSSR count). The molecule has 68 valence electrons. The highest BCUT2D eigenvalue weighted by Crippen LogP contribution is 2.29. The maximum absolute atomic E-state index is 5.90. The minimum absolute atomic E-state index is 0.615. The Bertz CT molecular complexity index is 338. The van der Waals surface area contributed by atoms with Crippen LogP contribution in [0, 0.1) is 6.92 Å². The second-order valence-electron chi connectivity index (χ2n) is 2.45. The molecule has 0 N–H and O–H groups in total. The molecule has 0 spiro atoms. The van der Waals surface area contributed by atoms with E-state index in [1.54, 1.807) is 12.1 Å². The average Bonchev–Trinajstić information content (AvgIpc) is 2.10. The summed E-state index contributed by atoms with van der Waals surface area (Å²) >= 11 is 16.4. The van der Waals surface area contributed by atoms with Crippen LogP contribution in [-0.4, -0.2) is 11.6 Å². The average molecular weight is 232 g/mol. The van der Waals surface area contributed by atoms with Crippen molar-refractivity contribution in [2.45, 2.75) is 6.92 Å². The summed E-state index contributed by atoms with van der Waals surface area (Å²) in [5, 5.41) is 2.66. The number of hydrogen-bond acceptors (Lipinski definition) is 2. The van der Waals surface area contributed by atoms with Crippen molar-refractivity contribution in [3.8, 4) is 0 Å². The van der Waals surface area contributed by atoms with Gasteiger partial charge in [-0.25, -0.2) is 0 Å². The number of nitrogens with zero attached hydrogens (tertiary/aromatic N) is 1. The third-order valence-corrected chi connectivity index (χ3v) is 2.46. The third-order valence-electron chi connectivity index (χ3n) is 1.55. The van der Waals surface area contributed by atoms with Gasteiger partial charge in [-0.15, -0.1) is 0 Å². The molecule has 0 aliphatic heterocycles. The van der Waals surface area contributed by atoms with E-state index < -0.39 is 0 Å². The molecule has 0 atom stereocenters. The van der Waals surface area contributed by atoms with Crippen LogP contribution in [0.2, 0.25) is 10.0 Å². The van der Waals surface area contributed by atoms with Crippen LogP contribution >= 0.6 is 35.4 Å². The summed E-state index contributed by atoms with van der Waals surface area (Å²) < 4.78 is 0. The number of hydrogen-bond donors (Lipinski definition) is 0. The lowest BCUT2D eigenvalue weighted by Crippen LogP contribution is -1.78. The summed E-state index contributed by atoms with van der Waals surface area (Å²) in [5.41, 5.74) is 1.58. The lowest BCUT2D eigenvalue weighted by atomic mass is 10.2. The van der Waals surface area contributed by atoms with Crippen molar-refractivity contribution >= 4 is 52.7 Å². The van der Waals surface area contributed by atoms with E-state index in [0.29, 0.717) is 15.7 Å². The van der Waals surface area contributed by atoms with Crippen molar-refractivity contribution in [1.82, 2.24) is 0 Å². The molecule has 0 heterocycles. The Kier molecular flexibility index (Phi) is 3.85. The van der Waals surface area contributed by atoms with Gasteiger partial charge in [0.1, 0.15) is 0 Å². The zero-order valence-corrected chi connectivity index (χ0v) is 9.25. The third kappa shape index (κ3) is 2.76. The molecule has 1 aromatic rings. The van der Waals surface area contributed by atoms with Crippen molar-refractivity contribution in [3.63, 3.8) is 0 Å². The quantitative estimate of drug-likeness (QED) is 0.554. The highest BCUT2D eigenvalue weighted by Gasteiger charge is 2.02. The second kappa shape index (κ2) is 4.70. The monoisotopic (exact) mass is 231 g/mol. The van der Waals surface area contributed by atoms with Crippen LogP contribution < -0.4 is 0 Å². The first-order valence-corrected chi connectivity index (χ1v) is 4.81. The normalized spacial score (nSPS) is 10.7. The summed E-state index contributed by atoms with van der Waals surface area (Å²) in [6, 6.07) is 3.50. The fourth-order valence-electron chi connectivity index (χ4n) is 0.823. The van der Waals surface area contributed by atoms with E-state index >= 15 is 0 Å². The van der Waals surface area contributed by atoms with Gasteiger partial charge in [0.2, 0.25) is 0 Å². The first kappa shape index (κ1) is 10.6. The molecule has 0 aliphatic rings. The van der Waals surface area contributed by atoms with Gasteiger partial charge in [0.25, 0.3) is 0 Å². The molecular formula is C9H7Cl2NS. The van der Waals surface area contributed by atoms with Crippen molar-refractivity contribution in [2.24, 2.45) is 4.99 Å². The maximum Gasteiger partial charge on any atom is 0.0659 e. The Hall–Kier alpha value is -0.440. The molecule has 0 saturated heterocycles. The van der Waals surface area contributed by atoms with E-state index in [1.165, 1.54) is 11.6 Å². The topological polar surface area (TPSA) is 12.4 Å². The Morgan fingerprint density at radius 2 is 1.85 bits per heavy atom. The van der Waals surface area contributed by atoms with Crippen LogP contribution in [0.3, 0.4) is 0 Å². The van der Waals surface area contributed by atoms with Gasteiger partial charge in [-0.05, 0) is 24.6 Å². The van der Waals surface area contributed by atoms with Gasteiger partial charge in [-0.3, -0.25) is 4.99 Å². The molecule has 0 aliphatic carbocycles. The number of halogens is 2. The maximum atomic E-state index is 5.90. The largest absolute Gasteiger partial charge is 0.256 e. The van der Waals surface area contributed by atoms with Crippen LogP contribution in [-0.2, 0) is 0 Å². The smallest absolute Gasteiger partial charge is 0.0659 e. The molecule has 0 unspecified atom stereocenters. The Morgan fingerprint density at radius 3 is 2.31 bits per heavy atom. The zero-order valence-electron chi connectivity index (χ0n) is 6.92. The van der Waals surface area contributed by atoms with Crippen molar-refractivity contribution in [1.29, 1.82) is 0 Å². The molecule has 0 bridgehead atoms. The molecule has 0 aromatic heterocycles. The number of benzene rings is 1. The highest BCUT2D eigenvalue weighted by atomic mass is 35.5. The molecule has 1 aromatic carbocycles. The SMILES string of the molecule is Cc1c(Cl)cc(N=CC=S)cc1Cl. The minimum atomic E-state index is 0.615. The Morgan fingerprint density at radius 1 is 1.31 bits per heavy atom. The summed E-state index contributed by atoms with van der Waals surface area (Å²) in [5.74, 6) is 0. The summed E-state index contributed by atoms with van der Waals surface area (Å²) in [7, 11) is 0. The Balaban J connectivity index is 3.12. The van der Waals surface area contributed by atoms with Crippen LogP contribution in [0.15, 0.2) is 17.1 Å². The van der Waals surface area contributed by atoms with E-state index in [2.05, 4.69) is 17.2 Å². The molecule has 13 heavy (non-hydrogen) atoms. The summed E-state index contributed by atoms with van der Waals surface area (Å²) in [6.07, 6.45) is 1.52. The van der Waals surface area contributed by atoms with E-state index in [9.17, 15) is 0 Å². The van der Waals surface area contributed by atoms with Gasteiger partial charge in [-0.2, -0.15) is 0 Å².